The van der Waals surface area contributed by atoms with E-state index in [9.17, 15) is 22.8 Å². The Kier molecular flexibility index (Phi) is 6.12. The third-order valence-electron chi connectivity index (χ3n) is 4.66. The van der Waals surface area contributed by atoms with Gasteiger partial charge in [0, 0.05) is 24.9 Å². The van der Waals surface area contributed by atoms with Crippen molar-refractivity contribution in [3.05, 3.63) is 76.6 Å². The van der Waals surface area contributed by atoms with Gasteiger partial charge in [-0.05, 0) is 42.5 Å². The Morgan fingerprint density at radius 2 is 1.76 bits per heavy atom. The average Bonchev–Trinajstić information content (AvgIpc) is 3.20. The number of anilines is 1. The first-order chi connectivity index (χ1) is 16.2. The highest BCUT2D eigenvalue weighted by Crippen LogP contribution is 2.39. The van der Waals surface area contributed by atoms with Gasteiger partial charge < -0.3 is 15.0 Å². The van der Waals surface area contributed by atoms with Crippen LogP contribution in [0.15, 0.2) is 54.7 Å². The molecule has 34 heavy (non-hydrogen) atoms. The molecule has 2 aromatic carbocycles. The number of ether oxygens (including phenoxy) is 1. The van der Waals surface area contributed by atoms with E-state index < -0.39 is 28.2 Å². The van der Waals surface area contributed by atoms with Gasteiger partial charge >= 0.3 is 6.18 Å². The van der Waals surface area contributed by atoms with Crippen molar-refractivity contribution >= 4 is 40.4 Å². The van der Waals surface area contributed by atoms with Crippen molar-refractivity contribution in [2.45, 2.75) is 6.18 Å². The van der Waals surface area contributed by atoms with E-state index in [2.05, 4.69) is 25.6 Å². The number of carbonyl (C=O) groups excluding carboxylic acids is 2. The first-order valence-corrected chi connectivity index (χ1v) is 10.1. The largest absolute Gasteiger partial charge is 0.457 e. The molecule has 0 fully saturated rings. The Labute approximate surface area is 195 Å². The number of benzene rings is 2. The molecule has 0 aliphatic heterocycles. The standard InChI is InChI=1S/C22H15ClF3N5O3/c1-27-20(33)16-10-13(8-9-28-16)34-12-4-2-11(3-5-12)19(32)31-21-29-15-7-6-14(23)17(18(15)30-21)22(24,25)26/h2-10H,1H3,(H,27,33)(H2,29,30,31,32). The molecule has 2 heterocycles. The maximum absolute atomic E-state index is 13.3. The summed E-state index contributed by atoms with van der Waals surface area (Å²) >= 11 is 5.71. The number of amides is 2. The highest BCUT2D eigenvalue weighted by molar-refractivity contribution is 6.32. The molecule has 0 saturated carbocycles. The van der Waals surface area contributed by atoms with E-state index in [1.54, 1.807) is 6.07 Å². The Bertz CT molecular complexity index is 1390. The second-order valence-corrected chi connectivity index (χ2v) is 7.35. The molecule has 0 unspecified atom stereocenters. The third-order valence-corrected chi connectivity index (χ3v) is 4.98. The molecule has 3 N–H and O–H groups in total. The van der Waals surface area contributed by atoms with Crippen LogP contribution in [-0.4, -0.2) is 33.8 Å². The first-order valence-electron chi connectivity index (χ1n) is 9.68. The van der Waals surface area contributed by atoms with Crippen molar-refractivity contribution in [2.24, 2.45) is 0 Å². The summed E-state index contributed by atoms with van der Waals surface area (Å²) in [4.78, 5) is 34.7. The van der Waals surface area contributed by atoms with Gasteiger partial charge in [-0.2, -0.15) is 13.2 Å². The molecule has 0 aliphatic rings. The molecule has 174 valence electrons. The maximum Gasteiger partial charge on any atom is 0.420 e. The predicted molar refractivity (Wildman–Crippen MR) is 118 cm³/mol. The van der Waals surface area contributed by atoms with E-state index in [0.717, 1.165) is 6.07 Å². The molecule has 0 saturated heterocycles. The molecule has 12 heteroatoms. The number of hydrogen-bond acceptors (Lipinski definition) is 5. The lowest BCUT2D eigenvalue weighted by Gasteiger charge is -2.08. The van der Waals surface area contributed by atoms with Crippen LogP contribution in [-0.2, 0) is 6.18 Å². The predicted octanol–water partition coefficient (Wildman–Crippen LogP) is 5.03. The van der Waals surface area contributed by atoms with E-state index in [-0.39, 0.29) is 28.6 Å². The number of nitrogens with zero attached hydrogens (tertiary/aromatic N) is 2. The van der Waals surface area contributed by atoms with Gasteiger partial charge in [0.25, 0.3) is 11.8 Å². The summed E-state index contributed by atoms with van der Waals surface area (Å²) in [6.45, 7) is 0. The van der Waals surface area contributed by atoms with E-state index >= 15 is 0 Å². The number of nitrogens with one attached hydrogen (secondary N) is 3. The number of aromatic amines is 1. The molecule has 2 amide bonds. The summed E-state index contributed by atoms with van der Waals surface area (Å²) in [5.74, 6) is -0.374. The van der Waals surface area contributed by atoms with E-state index in [4.69, 9.17) is 16.3 Å². The van der Waals surface area contributed by atoms with Crippen LogP contribution in [0.2, 0.25) is 5.02 Å². The van der Waals surface area contributed by atoms with Gasteiger partial charge in [-0.25, -0.2) is 4.98 Å². The molecule has 8 nitrogen and oxygen atoms in total. The number of alkyl halides is 3. The van der Waals surface area contributed by atoms with Gasteiger partial charge in [-0.3, -0.25) is 19.9 Å². The van der Waals surface area contributed by atoms with Crippen molar-refractivity contribution < 1.29 is 27.5 Å². The molecular formula is C22H15ClF3N5O3. The molecule has 0 spiro atoms. The number of hydrogen-bond donors (Lipinski definition) is 3. The molecule has 2 aromatic heterocycles. The molecular weight excluding hydrogens is 475 g/mol. The van der Waals surface area contributed by atoms with Crippen LogP contribution in [0.3, 0.4) is 0 Å². The van der Waals surface area contributed by atoms with Gasteiger partial charge in [0.05, 0.1) is 10.5 Å². The monoisotopic (exact) mass is 489 g/mol. The zero-order valence-corrected chi connectivity index (χ0v) is 18.1. The van der Waals surface area contributed by atoms with E-state index in [1.165, 1.54) is 49.6 Å². The maximum atomic E-state index is 13.3. The fourth-order valence-electron chi connectivity index (χ4n) is 3.10. The SMILES string of the molecule is CNC(=O)c1cc(Oc2ccc(C(=O)Nc3nc4c(C(F)(F)F)c(Cl)ccc4[nH]3)cc2)ccn1. The van der Waals surface area contributed by atoms with Crippen molar-refractivity contribution in [1.82, 2.24) is 20.3 Å². The second kappa shape index (κ2) is 9.02. The number of rotatable bonds is 5. The quantitative estimate of drug-likeness (QED) is 0.364. The summed E-state index contributed by atoms with van der Waals surface area (Å²) in [5, 5.41) is 4.40. The highest BCUT2D eigenvalue weighted by atomic mass is 35.5. The van der Waals surface area contributed by atoms with Gasteiger partial charge in [-0.15, -0.1) is 0 Å². The minimum absolute atomic E-state index is 0.0734. The fourth-order valence-corrected chi connectivity index (χ4v) is 3.36. The molecule has 4 aromatic rings. The normalized spacial score (nSPS) is 11.3. The Morgan fingerprint density at radius 3 is 2.44 bits per heavy atom. The van der Waals surface area contributed by atoms with Crippen molar-refractivity contribution in [3.63, 3.8) is 0 Å². The number of fused-ring (bicyclic) bond motifs is 1. The topological polar surface area (TPSA) is 109 Å². The van der Waals surface area contributed by atoms with Crippen LogP contribution in [0.5, 0.6) is 11.5 Å². The number of H-pyrrole nitrogens is 1. The van der Waals surface area contributed by atoms with Crippen molar-refractivity contribution in [3.8, 4) is 11.5 Å². The summed E-state index contributed by atoms with van der Waals surface area (Å²) in [5.41, 5.74) is -1.02. The molecule has 0 bridgehead atoms. The molecule has 0 atom stereocenters. The smallest absolute Gasteiger partial charge is 0.420 e. The van der Waals surface area contributed by atoms with E-state index in [0.29, 0.717) is 11.5 Å². The minimum Gasteiger partial charge on any atom is -0.457 e. The second-order valence-electron chi connectivity index (χ2n) is 6.94. The Balaban J connectivity index is 1.49. The fraction of sp³-hybridized carbons (Fsp3) is 0.0909. The van der Waals surface area contributed by atoms with Crippen molar-refractivity contribution in [2.75, 3.05) is 12.4 Å². The van der Waals surface area contributed by atoms with Gasteiger partial charge in [0.2, 0.25) is 5.95 Å². The minimum atomic E-state index is -4.71. The Morgan fingerprint density at radius 1 is 1.03 bits per heavy atom. The summed E-state index contributed by atoms with van der Waals surface area (Å²) in [6.07, 6.45) is -3.29. The zero-order chi connectivity index (χ0) is 24.5. The summed E-state index contributed by atoms with van der Waals surface area (Å²) < 4.78 is 45.7. The summed E-state index contributed by atoms with van der Waals surface area (Å²) in [7, 11) is 1.48. The van der Waals surface area contributed by atoms with Crippen LogP contribution in [0, 0.1) is 0 Å². The van der Waals surface area contributed by atoms with Crippen molar-refractivity contribution in [1.29, 1.82) is 0 Å². The van der Waals surface area contributed by atoms with Gasteiger partial charge in [0.1, 0.15) is 28.3 Å². The zero-order valence-electron chi connectivity index (χ0n) is 17.3. The van der Waals surface area contributed by atoms with Gasteiger partial charge in [-0.1, -0.05) is 11.6 Å². The molecule has 4 rings (SSSR count). The number of pyridine rings is 1. The van der Waals surface area contributed by atoms with E-state index in [1.807, 2.05) is 0 Å². The van der Waals surface area contributed by atoms with Gasteiger partial charge in [0.15, 0.2) is 0 Å². The number of aromatic nitrogens is 3. The van der Waals surface area contributed by atoms with Crippen LogP contribution in [0.25, 0.3) is 11.0 Å². The highest BCUT2D eigenvalue weighted by Gasteiger charge is 2.36. The average molecular weight is 490 g/mol. The van der Waals surface area contributed by atoms with Crippen LogP contribution in [0.4, 0.5) is 19.1 Å². The Hall–Kier alpha value is -4.12. The number of halogens is 4. The summed E-state index contributed by atoms with van der Waals surface area (Å²) in [6, 6.07) is 11.5. The third kappa shape index (κ3) is 4.79. The lowest BCUT2D eigenvalue weighted by Crippen LogP contribution is -2.18. The van der Waals surface area contributed by atoms with Crippen LogP contribution >= 0.6 is 11.6 Å². The molecule has 0 radical (unpaired) electrons. The van der Waals surface area contributed by atoms with Crippen LogP contribution in [0.1, 0.15) is 26.4 Å². The van der Waals surface area contributed by atoms with Crippen LogP contribution < -0.4 is 15.4 Å². The number of carbonyl (C=O) groups is 2. The first kappa shape index (κ1) is 23.1. The number of imidazole rings is 1. The molecule has 0 aliphatic carbocycles. The lowest BCUT2D eigenvalue weighted by atomic mass is 10.2. The lowest BCUT2D eigenvalue weighted by molar-refractivity contribution is -0.136.